The number of amides is 1. The van der Waals surface area contributed by atoms with Gasteiger partial charge in [0.15, 0.2) is 6.61 Å². The number of benzene rings is 2. The Balaban J connectivity index is 1.62. The maximum absolute atomic E-state index is 12.5. The van der Waals surface area contributed by atoms with Gasteiger partial charge in [-0.1, -0.05) is 25.4 Å². The highest BCUT2D eigenvalue weighted by atomic mass is 35.5. The van der Waals surface area contributed by atoms with Crippen LogP contribution in [0.3, 0.4) is 0 Å². The van der Waals surface area contributed by atoms with E-state index in [4.69, 9.17) is 16.3 Å². The first-order valence-corrected chi connectivity index (χ1v) is 10.9. The number of carbonyl (C=O) groups is 1. The normalized spacial score (nSPS) is 14.8. The highest BCUT2D eigenvalue weighted by molar-refractivity contribution is 6.31. The number of carbonyl (C=O) groups excluding carboxylic acids is 1. The average Bonchev–Trinajstić information content (AvgIpc) is 2.70. The lowest BCUT2D eigenvalue weighted by atomic mass is 10.0. The van der Waals surface area contributed by atoms with Crippen LogP contribution in [0.15, 0.2) is 30.3 Å². The molecule has 162 valence electrons. The molecule has 1 fully saturated rings. The molecule has 0 radical (unpaired) electrons. The average molecular weight is 430 g/mol. The third kappa shape index (κ3) is 5.46. The molecule has 0 unspecified atom stereocenters. The van der Waals surface area contributed by atoms with Gasteiger partial charge in [-0.25, -0.2) is 0 Å². The maximum atomic E-state index is 12.5. The molecule has 6 heteroatoms. The predicted molar refractivity (Wildman–Crippen MR) is 125 cm³/mol. The number of nitrogens with one attached hydrogen (secondary N) is 1. The summed E-state index contributed by atoms with van der Waals surface area (Å²) < 4.78 is 5.85. The van der Waals surface area contributed by atoms with Gasteiger partial charge in [0, 0.05) is 42.6 Å². The summed E-state index contributed by atoms with van der Waals surface area (Å²) >= 11 is 6.25. The van der Waals surface area contributed by atoms with Crippen molar-refractivity contribution in [3.05, 3.63) is 52.0 Å². The van der Waals surface area contributed by atoms with Crippen molar-refractivity contribution in [2.75, 3.05) is 50.1 Å². The van der Waals surface area contributed by atoms with E-state index >= 15 is 0 Å². The molecule has 2 aromatic rings. The van der Waals surface area contributed by atoms with Gasteiger partial charge in [-0.3, -0.25) is 4.79 Å². The van der Waals surface area contributed by atoms with E-state index in [1.807, 2.05) is 32.0 Å². The number of hydrogen-bond acceptors (Lipinski definition) is 4. The van der Waals surface area contributed by atoms with Crippen LogP contribution in [0, 0.1) is 13.8 Å². The summed E-state index contributed by atoms with van der Waals surface area (Å²) in [6.07, 6.45) is 0. The van der Waals surface area contributed by atoms with Crippen LogP contribution in [0.2, 0.25) is 5.02 Å². The monoisotopic (exact) mass is 429 g/mol. The van der Waals surface area contributed by atoms with Crippen LogP contribution < -0.4 is 15.0 Å². The van der Waals surface area contributed by atoms with Crippen LogP contribution in [0.5, 0.6) is 5.75 Å². The molecule has 30 heavy (non-hydrogen) atoms. The number of nitrogens with zero attached hydrogens (tertiary/aromatic N) is 2. The fourth-order valence-electron chi connectivity index (χ4n) is 3.63. The van der Waals surface area contributed by atoms with Gasteiger partial charge in [0.2, 0.25) is 0 Å². The van der Waals surface area contributed by atoms with Gasteiger partial charge in [-0.2, -0.15) is 0 Å². The molecule has 0 bridgehead atoms. The summed E-state index contributed by atoms with van der Waals surface area (Å²) in [5, 5.41) is 3.69. The molecule has 3 rings (SSSR count). The van der Waals surface area contributed by atoms with Crippen LogP contribution in [-0.2, 0) is 4.79 Å². The molecule has 1 saturated heterocycles. The number of likely N-dealkylation sites (N-methyl/N-ethyl adjacent to an activating group) is 1. The zero-order valence-electron chi connectivity index (χ0n) is 18.6. The summed E-state index contributed by atoms with van der Waals surface area (Å²) in [7, 11) is 2.15. The fraction of sp³-hybridized carbons (Fsp3) is 0.458. The Labute approximate surface area is 185 Å². The number of aryl methyl sites for hydroxylation is 2. The molecular formula is C24H32ClN3O2. The highest BCUT2D eigenvalue weighted by Gasteiger charge is 2.16. The van der Waals surface area contributed by atoms with Crippen molar-refractivity contribution in [3.63, 3.8) is 0 Å². The predicted octanol–water partition coefficient (Wildman–Crippen LogP) is 4.85. The van der Waals surface area contributed by atoms with Crippen molar-refractivity contribution in [1.29, 1.82) is 0 Å². The Hall–Kier alpha value is -2.24. The van der Waals surface area contributed by atoms with Gasteiger partial charge in [0.05, 0.1) is 0 Å². The molecule has 0 atom stereocenters. The standard InChI is InChI=1S/C24H32ClN3O2/c1-16(2)20-14-21(25)17(3)13-23(20)30-15-24(29)26-22-7-6-19(12-18(22)4)28-10-8-27(5)9-11-28/h6-7,12-14,16H,8-11,15H2,1-5H3,(H,26,29). The summed E-state index contributed by atoms with van der Waals surface area (Å²) in [6.45, 7) is 12.3. The molecule has 0 aliphatic carbocycles. The summed E-state index contributed by atoms with van der Waals surface area (Å²) in [6, 6.07) is 10.0. The van der Waals surface area contributed by atoms with E-state index in [-0.39, 0.29) is 18.4 Å². The molecule has 1 aliphatic heterocycles. The Kier molecular flexibility index (Phi) is 7.27. The smallest absolute Gasteiger partial charge is 0.262 e. The molecule has 1 heterocycles. The molecule has 1 N–H and O–H groups in total. The second-order valence-corrected chi connectivity index (χ2v) is 8.83. The summed E-state index contributed by atoms with van der Waals surface area (Å²) in [4.78, 5) is 17.2. The second-order valence-electron chi connectivity index (χ2n) is 8.42. The minimum Gasteiger partial charge on any atom is -0.483 e. The van der Waals surface area contributed by atoms with Crippen LogP contribution in [0.1, 0.15) is 36.5 Å². The summed E-state index contributed by atoms with van der Waals surface area (Å²) in [5.74, 6) is 0.794. The Bertz CT molecular complexity index is 906. The van der Waals surface area contributed by atoms with E-state index in [2.05, 4.69) is 48.1 Å². The molecular weight excluding hydrogens is 398 g/mol. The first-order chi connectivity index (χ1) is 14.2. The van der Waals surface area contributed by atoms with E-state index in [1.54, 1.807) is 0 Å². The van der Waals surface area contributed by atoms with Crippen molar-refractivity contribution in [2.45, 2.75) is 33.6 Å². The van der Waals surface area contributed by atoms with Crippen LogP contribution >= 0.6 is 11.6 Å². The fourth-order valence-corrected chi connectivity index (χ4v) is 3.80. The Morgan fingerprint density at radius 3 is 2.43 bits per heavy atom. The van der Waals surface area contributed by atoms with Crippen molar-refractivity contribution >= 4 is 28.9 Å². The van der Waals surface area contributed by atoms with Gasteiger partial charge in [-0.15, -0.1) is 0 Å². The molecule has 1 aliphatic rings. The third-order valence-corrected chi connectivity index (χ3v) is 6.03. The molecule has 5 nitrogen and oxygen atoms in total. The zero-order chi connectivity index (χ0) is 21.8. The lowest BCUT2D eigenvalue weighted by Gasteiger charge is -2.34. The third-order valence-electron chi connectivity index (χ3n) is 5.62. The topological polar surface area (TPSA) is 44.8 Å². The van der Waals surface area contributed by atoms with Gasteiger partial charge >= 0.3 is 0 Å². The lowest BCUT2D eigenvalue weighted by molar-refractivity contribution is -0.118. The van der Waals surface area contributed by atoms with Crippen molar-refractivity contribution in [2.24, 2.45) is 0 Å². The Morgan fingerprint density at radius 2 is 1.80 bits per heavy atom. The van der Waals surface area contributed by atoms with Crippen LogP contribution in [0.25, 0.3) is 0 Å². The number of rotatable bonds is 6. The molecule has 2 aromatic carbocycles. The van der Waals surface area contributed by atoms with E-state index in [0.717, 1.165) is 48.6 Å². The summed E-state index contributed by atoms with van der Waals surface area (Å²) in [5.41, 5.74) is 5.01. The van der Waals surface area contributed by atoms with Crippen molar-refractivity contribution in [3.8, 4) is 5.75 Å². The maximum Gasteiger partial charge on any atom is 0.262 e. The molecule has 1 amide bonds. The minimum absolute atomic E-state index is 0.0412. The number of hydrogen-bond donors (Lipinski definition) is 1. The number of piperazine rings is 1. The van der Waals surface area contributed by atoms with Crippen LogP contribution in [0.4, 0.5) is 11.4 Å². The van der Waals surface area contributed by atoms with E-state index in [9.17, 15) is 4.79 Å². The van der Waals surface area contributed by atoms with Crippen molar-refractivity contribution < 1.29 is 9.53 Å². The largest absolute Gasteiger partial charge is 0.483 e. The van der Waals surface area contributed by atoms with Gasteiger partial charge < -0.3 is 19.9 Å². The Morgan fingerprint density at radius 1 is 1.10 bits per heavy atom. The first-order valence-electron chi connectivity index (χ1n) is 10.5. The van der Waals surface area contributed by atoms with Gasteiger partial charge in [0.25, 0.3) is 5.91 Å². The van der Waals surface area contributed by atoms with E-state index < -0.39 is 0 Å². The lowest BCUT2D eigenvalue weighted by Crippen LogP contribution is -2.44. The zero-order valence-corrected chi connectivity index (χ0v) is 19.3. The number of ether oxygens (including phenoxy) is 1. The number of halogens is 1. The highest BCUT2D eigenvalue weighted by Crippen LogP contribution is 2.32. The second kappa shape index (κ2) is 9.71. The van der Waals surface area contributed by atoms with Gasteiger partial charge in [-0.05, 0) is 73.8 Å². The first kappa shape index (κ1) is 22.4. The van der Waals surface area contributed by atoms with Crippen LogP contribution in [-0.4, -0.2) is 50.6 Å². The SMILES string of the molecule is Cc1cc(OCC(=O)Nc2ccc(N3CCN(C)CC3)cc2C)c(C(C)C)cc1Cl. The molecule has 0 saturated carbocycles. The van der Waals surface area contributed by atoms with Gasteiger partial charge in [0.1, 0.15) is 5.75 Å². The van der Waals surface area contributed by atoms with E-state index in [1.165, 1.54) is 5.69 Å². The molecule has 0 aromatic heterocycles. The van der Waals surface area contributed by atoms with E-state index in [0.29, 0.717) is 10.8 Å². The quantitative estimate of drug-likeness (QED) is 0.712. The number of anilines is 2. The minimum atomic E-state index is -0.173. The van der Waals surface area contributed by atoms with Crippen molar-refractivity contribution in [1.82, 2.24) is 4.90 Å². The molecule has 0 spiro atoms.